The Kier molecular flexibility index (Phi) is 3.39. The average Bonchev–Trinajstić information content (AvgIpc) is 2.99. The lowest BCUT2D eigenvalue weighted by atomic mass is 9.97. The fourth-order valence-electron chi connectivity index (χ4n) is 2.21. The van der Waals surface area contributed by atoms with Crippen LogP contribution in [0.5, 0.6) is 0 Å². The number of nitrogens with two attached hydrogens (primary N) is 1. The van der Waals surface area contributed by atoms with Gasteiger partial charge in [-0.2, -0.15) is 0 Å². The van der Waals surface area contributed by atoms with E-state index in [9.17, 15) is 0 Å². The fourth-order valence-corrected chi connectivity index (χ4v) is 2.45. The monoisotopic (exact) mass is 212 g/mol. The van der Waals surface area contributed by atoms with E-state index in [1.165, 1.54) is 51.7 Å². The molecule has 0 unspecified atom stereocenters. The summed E-state index contributed by atoms with van der Waals surface area (Å²) in [5, 5.41) is 0. The summed E-state index contributed by atoms with van der Waals surface area (Å²) in [6.45, 7) is 3.71. The summed E-state index contributed by atoms with van der Waals surface area (Å²) in [5.74, 6) is 1.57. The van der Waals surface area contributed by atoms with Crippen LogP contribution in [0.2, 0.25) is 0 Å². The van der Waals surface area contributed by atoms with Gasteiger partial charge < -0.3 is 10.6 Å². The van der Waals surface area contributed by atoms with E-state index in [1.807, 2.05) is 0 Å². The summed E-state index contributed by atoms with van der Waals surface area (Å²) in [5.41, 5.74) is 5.66. The Morgan fingerprint density at radius 3 is 2.36 bits per heavy atom. The highest BCUT2D eigenvalue weighted by Crippen LogP contribution is 2.32. The van der Waals surface area contributed by atoms with Gasteiger partial charge in [0.2, 0.25) is 0 Å². The molecule has 0 aromatic rings. The van der Waals surface area contributed by atoms with Gasteiger partial charge in [0.15, 0.2) is 0 Å². The van der Waals surface area contributed by atoms with Crippen molar-refractivity contribution in [3.8, 4) is 0 Å². The first kappa shape index (κ1) is 10.4. The summed E-state index contributed by atoms with van der Waals surface area (Å²) < 4.78 is 0. The molecule has 3 heteroatoms. The van der Waals surface area contributed by atoms with Gasteiger partial charge in [-0.3, -0.25) is 0 Å². The number of likely N-dealkylation sites (tertiary alicyclic amines) is 1. The summed E-state index contributed by atoms with van der Waals surface area (Å²) in [7, 11) is 0. The molecule has 2 nitrogen and oxygen atoms in total. The molecule has 0 aromatic carbocycles. The molecule has 14 heavy (non-hydrogen) atoms. The molecular formula is C11H20N2S. The minimum absolute atomic E-state index is 0.516. The van der Waals surface area contributed by atoms with Crippen molar-refractivity contribution in [3.63, 3.8) is 0 Å². The van der Waals surface area contributed by atoms with Crippen LogP contribution in [-0.4, -0.2) is 29.5 Å². The molecule has 2 aliphatic rings. The first-order chi connectivity index (χ1) is 6.75. The van der Waals surface area contributed by atoms with Crippen molar-refractivity contribution in [2.75, 3.05) is 19.6 Å². The van der Waals surface area contributed by atoms with Crippen molar-refractivity contribution in [2.24, 2.45) is 17.6 Å². The van der Waals surface area contributed by atoms with Gasteiger partial charge in [-0.1, -0.05) is 25.1 Å². The highest BCUT2D eigenvalue weighted by Gasteiger charge is 2.24. The molecule has 1 aliphatic carbocycles. The zero-order valence-corrected chi connectivity index (χ0v) is 9.56. The minimum Gasteiger partial charge on any atom is -0.393 e. The van der Waals surface area contributed by atoms with Crippen LogP contribution in [0.4, 0.5) is 0 Å². The Bertz CT molecular complexity index is 205. The molecule has 1 saturated carbocycles. The number of piperidine rings is 1. The first-order valence-corrected chi connectivity index (χ1v) is 6.18. The lowest BCUT2D eigenvalue weighted by Crippen LogP contribution is -2.38. The number of hydrogen-bond acceptors (Lipinski definition) is 2. The largest absolute Gasteiger partial charge is 0.393 e. The SMILES string of the molecule is NC(=S)C1CCN(CCC2CC2)CC1. The zero-order valence-electron chi connectivity index (χ0n) is 8.74. The van der Waals surface area contributed by atoms with Gasteiger partial charge in [-0.05, 0) is 44.8 Å². The van der Waals surface area contributed by atoms with Gasteiger partial charge in [0.1, 0.15) is 0 Å². The predicted octanol–water partition coefficient (Wildman–Crippen LogP) is 1.78. The van der Waals surface area contributed by atoms with Gasteiger partial charge in [-0.15, -0.1) is 0 Å². The lowest BCUT2D eigenvalue weighted by molar-refractivity contribution is 0.204. The van der Waals surface area contributed by atoms with Gasteiger partial charge in [-0.25, -0.2) is 0 Å². The van der Waals surface area contributed by atoms with Crippen LogP contribution in [0.15, 0.2) is 0 Å². The Balaban J connectivity index is 1.64. The van der Waals surface area contributed by atoms with Crippen LogP contribution >= 0.6 is 12.2 Å². The number of rotatable bonds is 4. The maximum absolute atomic E-state index is 5.66. The summed E-state index contributed by atoms with van der Waals surface area (Å²) in [4.78, 5) is 3.31. The normalized spacial score (nSPS) is 25.1. The van der Waals surface area contributed by atoms with Crippen molar-refractivity contribution < 1.29 is 0 Å². The molecule has 0 atom stereocenters. The molecule has 2 rings (SSSR count). The molecule has 0 aromatic heterocycles. The van der Waals surface area contributed by atoms with Crippen molar-refractivity contribution in [1.29, 1.82) is 0 Å². The van der Waals surface area contributed by atoms with E-state index in [1.54, 1.807) is 0 Å². The lowest BCUT2D eigenvalue weighted by Gasteiger charge is -2.31. The fraction of sp³-hybridized carbons (Fsp3) is 0.909. The Hall–Kier alpha value is -0.150. The first-order valence-electron chi connectivity index (χ1n) is 5.77. The van der Waals surface area contributed by atoms with E-state index in [2.05, 4.69) is 4.90 Å². The van der Waals surface area contributed by atoms with E-state index >= 15 is 0 Å². The summed E-state index contributed by atoms with van der Waals surface area (Å²) in [6, 6.07) is 0. The Labute approximate surface area is 91.8 Å². The number of nitrogens with zero attached hydrogens (tertiary/aromatic N) is 1. The van der Waals surface area contributed by atoms with Gasteiger partial charge in [0.05, 0.1) is 4.99 Å². The topological polar surface area (TPSA) is 29.3 Å². The quantitative estimate of drug-likeness (QED) is 0.720. The molecule has 1 saturated heterocycles. The maximum Gasteiger partial charge on any atom is 0.0759 e. The maximum atomic E-state index is 5.66. The van der Waals surface area contributed by atoms with Crippen LogP contribution in [0, 0.1) is 11.8 Å². The van der Waals surface area contributed by atoms with E-state index in [4.69, 9.17) is 18.0 Å². The second-order valence-corrected chi connectivity index (χ2v) is 5.22. The third-order valence-electron chi connectivity index (χ3n) is 3.54. The van der Waals surface area contributed by atoms with Crippen LogP contribution < -0.4 is 5.73 Å². The van der Waals surface area contributed by atoms with Crippen molar-refractivity contribution in [2.45, 2.75) is 32.1 Å². The van der Waals surface area contributed by atoms with Gasteiger partial charge in [0, 0.05) is 5.92 Å². The zero-order chi connectivity index (χ0) is 9.97. The van der Waals surface area contributed by atoms with Crippen LogP contribution in [0.3, 0.4) is 0 Å². The van der Waals surface area contributed by atoms with Crippen molar-refractivity contribution in [3.05, 3.63) is 0 Å². The van der Waals surface area contributed by atoms with Crippen LogP contribution in [0.1, 0.15) is 32.1 Å². The highest BCUT2D eigenvalue weighted by atomic mass is 32.1. The third-order valence-corrected chi connectivity index (χ3v) is 3.87. The molecule has 2 N–H and O–H groups in total. The van der Waals surface area contributed by atoms with E-state index in [0.717, 1.165) is 10.9 Å². The van der Waals surface area contributed by atoms with Crippen molar-refractivity contribution >= 4 is 17.2 Å². The van der Waals surface area contributed by atoms with Crippen LogP contribution in [-0.2, 0) is 0 Å². The standard InChI is InChI=1S/C11H20N2S/c12-11(14)10-4-7-13(8-5-10)6-3-9-1-2-9/h9-10H,1-8H2,(H2,12,14). The molecule has 0 bridgehead atoms. The molecule has 80 valence electrons. The smallest absolute Gasteiger partial charge is 0.0759 e. The number of hydrogen-bond donors (Lipinski definition) is 1. The molecule has 1 aliphatic heterocycles. The average molecular weight is 212 g/mol. The van der Waals surface area contributed by atoms with E-state index < -0.39 is 0 Å². The van der Waals surface area contributed by atoms with Gasteiger partial charge >= 0.3 is 0 Å². The van der Waals surface area contributed by atoms with E-state index in [-0.39, 0.29) is 0 Å². The summed E-state index contributed by atoms with van der Waals surface area (Å²) >= 11 is 5.03. The second kappa shape index (κ2) is 4.58. The molecular weight excluding hydrogens is 192 g/mol. The Morgan fingerprint density at radius 2 is 1.86 bits per heavy atom. The summed E-state index contributed by atoms with van der Waals surface area (Å²) in [6.07, 6.45) is 6.73. The molecule has 2 fully saturated rings. The Morgan fingerprint density at radius 1 is 1.21 bits per heavy atom. The van der Waals surface area contributed by atoms with Crippen molar-refractivity contribution in [1.82, 2.24) is 4.90 Å². The highest BCUT2D eigenvalue weighted by molar-refractivity contribution is 7.80. The second-order valence-electron chi connectivity index (χ2n) is 4.75. The molecule has 0 spiro atoms. The minimum atomic E-state index is 0.516. The molecule has 0 amide bonds. The third kappa shape index (κ3) is 2.92. The van der Waals surface area contributed by atoms with Gasteiger partial charge in [0.25, 0.3) is 0 Å². The predicted molar refractivity (Wildman–Crippen MR) is 63.3 cm³/mol. The number of thiocarbonyl (C=S) groups is 1. The molecule has 0 radical (unpaired) electrons. The van der Waals surface area contributed by atoms with Crippen LogP contribution in [0.25, 0.3) is 0 Å². The molecule has 1 heterocycles. The van der Waals surface area contributed by atoms with E-state index in [0.29, 0.717) is 5.92 Å².